The van der Waals surface area contributed by atoms with Gasteiger partial charge in [-0.1, -0.05) is 15.9 Å². The third-order valence-corrected chi connectivity index (χ3v) is 3.26. The molecule has 1 aliphatic heterocycles. The van der Waals surface area contributed by atoms with Crippen molar-refractivity contribution in [3.05, 3.63) is 38.3 Å². The topological polar surface area (TPSA) is 55.2 Å². The van der Waals surface area contributed by atoms with Crippen molar-refractivity contribution >= 4 is 21.6 Å². The minimum absolute atomic E-state index is 0.155. The number of nitro benzene ring substituents is 1. The second kappa shape index (κ2) is 4.93. The van der Waals surface area contributed by atoms with Crippen LogP contribution in [0.25, 0.3) is 0 Å². The van der Waals surface area contributed by atoms with Gasteiger partial charge in [-0.05, 0) is 37.4 Å². The van der Waals surface area contributed by atoms with E-state index in [1.807, 2.05) is 6.07 Å². The molecule has 0 aromatic heterocycles. The quantitative estimate of drug-likeness (QED) is 0.686. The Morgan fingerprint density at radius 1 is 1.50 bits per heavy atom. The number of hydrogen-bond acceptors (Lipinski definition) is 3. The molecule has 1 aliphatic rings. The molecule has 1 saturated heterocycles. The first-order valence-corrected chi connectivity index (χ1v) is 6.12. The molecule has 0 amide bonds. The van der Waals surface area contributed by atoms with Crippen LogP contribution in [0.4, 0.5) is 5.69 Å². The van der Waals surface area contributed by atoms with Crippen molar-refractivity contribution in [3.8, 4) is 0 Å². The van der Waals surface area contributed by atoms with Crippen LogP contribution in [0.2, 0.25) is 0 Å². The zero-order valence-corrected chi connectivity index (χ0v) is 10.4. The molecule has 5 heteroatoms. The highest BCUT2D eigenvalue weighted by atomic mass is 79.9. The van der Waals surface area contributed by atoms with Crippen LogP contribution in [-0.4, -0.2) is 17.5 Å². The van der Waals surface area contributed by atoms with Crippen molar-refractivity contribution < 1.29 is 4.92 Å². The lowest BCUT2D eigenvalue weighted by Gasteiger charge is -2.10. The fraction of sp³-hybridized carbons (Fsp3) is 0.455. The summed E-state index contributed by atoms with van der Waals surface area (Å²) in [7, 11) is 0. The van der Waals surface area contributed by atoms with E-state index in [0.717, 1.165) is 29.4 Å². The van der Waals surface area contributed by atoms with Gasteiger partial charge < -0.3 is 5.32 Å². The summed E-state index contributed by atoms with van der Waals surface area (Å²) in [5, 5.41) is 14.1. The molecule has 1 aromatic carbocycles. The molecule has 4 nitrogen and oxygen atoms in total. The lowest BCUT2D eigenvalue weighted by molar-refractivity contribution is -0.385. The second-order valence-electron chi connectivity index (χ2n) is 4.07. The number of nitrogens with zero attached hydrogens (tertiary/aromatic N) is 1. The molecule has 0 radical (unpaired) electrons. The highest BCUT2D eigenvalue weighted by Gasteiger charge is 2.16. The van der Waals surface area contributed by atoms with E-state index in [2.05, 4.69) is 21.2 Å². The molecule has 0 saturated carbocycles. The van der Waals surface area contributed by atoms with Gasteiger partial charge in [0.05, 0.1) is 4.92 Å². The Kier molecular flexibility index (Phi) is 3.56. The first-order valence-electron chi connectivity index (χ1n) is 5.32. The van der Waals surface area contributed by atoms with Crippen molar-refractivity contribution in [3.63, 3.8) is 0 Å². The fourth-order valence-corrected chi connectivity index (χ4v) is 2.60. The first-order chi connectivity index (χ1) is 7.65. The van der Waals surface area contributed by atoms with E-state index in [-0.39, 0.29) is 10.6 Å². The lowest BCUT2D eigenvalue weighted by Crippen LogP contribution is -2.23. The highest BCUT2D eigenvalue weighted by molar-refractivity contribution is 9.10. The summed E-state index contributed by atoms with van der Waals surface area (Å²) in [6.07, 6.45) is 3.21. The summed E-state index contributed by atoms with van der Waals surface area (Å²) in [5.74, 6) is 0. The Labute approximate surface area is 102 Å². The Morgan fingerprint density at radius 3 is 2.94 bits per heavy atom. The Bertz CT molecular complexity index is 403. The predicted molar refractivity (Wildman–Crippen MR) is 65.5 cm³/mol. The number of nitro groups is 1. The van der Waals surface area contributed by atoms with Crippen LogP contribution >= 0.6 is 15.9 Å². The molecular formula is C11H13BrN2O2. The molecule has 86 valence electrons. The molecule has 1 N–H and O–H groups in total. The van der Waals surface area contributed by atoms with Gasteiger partial charge in [-0.2, -0.15) is 0 Å². The second-order valence-corrected chi connectivity index (χ2v) is 4.99. The monoisotopic (exact) mass is 284 g/mol. The number of rotatable bonds is 3. The van der Waals surface area contributed by atoms with Crippen LogP contribution < -0.4 is 5.32 Å². The number of nitrogens with one attached hydrogen (secondary N) is 1. The van der Waals surface area contributed by atoms with E-state index in [0.29, 0.717) is 6.04 Å². The molecule has 1 unspecified atom stereocenters. The molecule has 0 aliphatic carbocycles. The van der Waals surface area contributed by atoms with Gasteiger partial charge in [-0.25, -0.2) is 0 Å². The Hall–Kier alpha value is -0.940. The minimum atomic E-state index is -0.351. The van der Waals surface area contributed by atoms with Gasteiger partial charge >= 0.3 is 0 Å². The van der Waals surface area contributed by atoms with Crippen LogP contribution in [0.3, 0.4) is 0 Å². The average Bonchev–Trinajstić information content (AvgIpc) is 2.69. The average molecular weight is 285 g/mol. The van der Waals surface area contributed by atoms with Crippen LogP contribution in [0.5, 0.6) is 0 Å². The van der Waals surface area contributed by atoms with Crippen LogP contribution in [0.15, 0.2) is 22.7 Å². The number of halogens is 1. The van der Waals surface area contributed by atoms with Gasteiger partial charge in [0.15, 0.2) is 0 Å². The smallest absolute Gasteiger partial charge is 0.270 e. The van der Waals surface area contributed by atoms with Crippen molar-refractivity contribution in [2.24, 2.45) is 0 Å². The molecule has 1 fully saturated rings. The van der Waals surface area contributed by atoms with Crippen LogP contribution in [0, 0.1) is 10.1 Å². The largest absolute Gasteiger partial charge is 0.314 e. The van der Waals surface area contributed by atoms with E-state index >= 15 is 0 Å². The van der Waals surface area contributed by atoms with Crippen molar-refractivity contribution in [2.45, 2.75) is 25.3 Å². The molecule has 1 aromatic rings. The summed E-state index contributed by atoms with van der Waals surface area (Å²) in [5.41, 5.74) is 1.17. The normalized spacial score (nSPS) is 19.9. The minimum Gasteiger partial charge on any atom is -0.314 e. The van der Waals surface area contributed by atoms with Crippen molar-refractivity contribution in [2.75, 3.05) is 6.54 Å². The van der Waals surface area contributed by atoms with Crippen molar-refractivity contribution in [1.82, 2.24) is 5.32 Å². The van der Waals surface area contributed by atoms with Gasteiger partial charge in [0.25, 0.3) is 5.69 Å². The molecule has 16 heavy (non-hydrogen) atoms. The van der Waals surface area contributed by atoms with Gasteiger partial charge in [0, 0.05) is 22.6 Å². The molecular weight excluding hydrogens is 272 g/mol. The summed E-state index contributed by atoms with van der Waals surface area (Å²) < 4.78 is 0.773. The standard InChI is InChI=1S/C11H13BrN2O2/c12-9-4-8(5-10-2-1-3-13-10)6-11(7-9)14(15)16/h4,6-7,10,13H,1-3,5H2. The van der Waals surface area contributed by atoms with Gasteiger partial charge in [0.2, 0.25) is 0 Å². The number of benzene rings is 1. The van der Waals surface area contributed by atoms with Crippen molar-refractivity contribution in [1.29, 1.82) is 0 Å². The summed E-state index contributed by atoms with van der Waals surface area (Å²) in [6, 6.07) is 5.61. The third kappa shape index (κ3) is 2.80. The lowest BCUT2D eigenvalue weighted by atomic mass is 10.0. The maximum absolute atomic E-state index is 10.7. The zero-order chi connectivity index (χ0) is 11.5. The van der Waals surface area contributed by atoms with Crippen LogP contribution in [-0.2, 0) is 6.42 Å². The highest BCUT2D eigenvalue weighted by Crippen LogP contribution is 2.23. The Balaban J connectivity index is 2.16. The SMILES string of the molecule is O=[N+]([O-])c1cc(Br)cc(CC2CCCN2)c1. The van der Waals surface area contributed by atoms with Crippen LogP contribution in [0.1, 0.15) is 18.4 Å². The maximum atomic E-state index is 10.7. The molecule has 0 spiro atoms. The third-order valence-electron chi connectivity index (χ3n) is 2.80. The molecule has 1 heterocycles. The molecule has 2 rings (SSSR count). The predicted octanol–water partition coefficient (Wildman–Crippen LogP) is 2.65. The zero-order valence-electron chi connectivity index (χ0n) is 8.78. The van der Waals surface area contributed by atoms with Gasteiger partial charge in [0.1, 0.15) is 0 Å². The van der Waals surface area contributed by atoms with E-state index in [4.69, 9.17) is 0 Å². The summed E-state index contributed by atoms with van der Waals surface area (Å²) in [6.45, 7) is 1.06. The van der Waals surface area contributed by atoms with E-state index in [9.17, 15) is 10.1 Å². The van der Waals surface area contributed by atoms with E-state index in [1.54, 1.807) is 6.07 Å². The Morgan fingerprint density at radius 2 is 2.31 bits per heavy atom. The number of non-ortho nitro benzene ring substituents is 1. The first kappa shape index (κ1) is 11.5. The summed E-state index contributed by atoms with van der Waals surface area (Å²) >= 11 is 3.31. The van der Waals surface area contributed by atoms with E-state index in [1.165, 1.54) is 12.5 Å². The molecule has 1 atom stereocenters. The van der Waals surface area contributed by atoms with Gasteiger partial charge in [-0.15, -0.1) is 0 Å². The maximum Gasteiger partial charge on any atom is 0.270 e. The molecule has 0 bridgehead atoms. The number of hydrogen-bond donors (Lipinski definition) is 1. The fourth-order valence-electron chi connectivity index (χ4n) is 2.07. The van der Waals surface area contributed by atoms with Gasteiger partial charge in [-0.3, -0.25) is 10.1 Å². The van der Waals surface area contributed by atoms with E-state index < -0.39 is 0 Å². The summed E-state index contributed by atoms with van der Waals surface area (Å²) in [4.78, 5) is 10.4.